The fraction of sp³-hybridized carbons (Fsp3) is 0.333. The number of hydrogen-bond acceptors (Lipinski definition) is 3. The molecule has 1 fully saturated rings. The van der Waals surface area contributed by atoms with Crippen LogP contribution in [0.3, 0.4) is 0 Å². The van der Waals surface area contributed by atoms with E-state index in [9.17, 15) is 0 Å². The summed E-state index contributed by atoms with van der Waals surface area (Å²) >= 11 is 5.90. The average Bonchev–Trinajstić information content (AvgIpc) is 2.62. The van der Waals surface area contributed by atoms with Gasteiger partial charge < -0.3 is 15.4 Å². The standard InChI is InChI=1S/C9H11ClN2O/c10-8-5-7(1-2-9(8)11)12-3-4-13-6-12/h1-2,5H,3-4,6,11H2. The van der Waals surface area contributed by atoms with E-state index in [1.54, 1.807) is 0 Å². The molecule has 0 spiro atoms. The van der Waals surface area contributed by atoms with Crippen molar-refractivity contribution in [2.75, 3.05) is 30.5 Å². The van der Waals surface area contributed by atoms with Crippen LogP contribution in [-0.4, -0.2) is 19.9 Å². The lowest BCUT2D eigenvalue weighted by molar-refractivity contribution is 0.201. The van der Waals surface area contributed by atoms with E-state index in [-0.39, 0.29) is 0 Å². The highest BCUT2D eigenvalue weighted by Gasteiger charge is 2.12. The van der Waals surface area contributed by atoms with Gasteiger partial charge >= 0.3 is 0 Å². The lowest BCUT2D eigenvalue weighted by Gasteiger charge is -2.16. The molecule has 0 atom stereocenters. The second-order valence-corrected chi connectivity index (χ2v) is 3.41. The van der Waals surface area contributed by atoms with Gasteiger partial charge in [0.05, 0.1) is 17.3 Å². The Bertz CT molecular complexity index is 310. The van der Waals surface area contributed by atoms with Crippen LogP contribution in [0, 0.1) is 0 Å². The molecule has 3 nitrogen and oxygen atoms in total. The summed E-state index contributed by atoms with van der Waals surface area (Å²) < 4.78 is 5.23. The van der Waals surface area contributed by atoms with Gasteiger partial charge in [0.25, 0.3) is 0 Å². The first-order valence-electron chi connectivity index (χ1n) is 4.15. The minimum Gasteiger partial charge on any atom is -0.398 e. The summed E-state index contributed by atoms with van der Waals surface area (Å²) in [5.74, 6) is 0. The Kier molecular flexibility index (Phi) is 2.29. The number of nitrogens with two attached hydrogens (primary N) is 1. The third-order valence-electron chi connectivity index (χ3n) is 2.10. The maximum absolute atomic E-state index is 5.90. The van der Waals surface area contributed by atoms with Crippen molar-refractivity contribution in [1.29, 1.82) is 0 Å². The van der Waals surface area contributed by atoms with Gasteiger partial charge in [0.15, 0.2) is 0 Å². The van der Waals surface area contributed by atoms with Crippen LogP contribution in [0.4, 0.5) is 11.4 Å². The smallest absolute Gasteiger partial charge is 0.119 e. The lowest BCUT2D eigenvalue weighted by Crippen LogP contribution is -2.18. The number of hydrogen-bond donors (Lipinski definition) is 1. The van der Waals surface area contributed by atoms with Gasteiger partial charge in [-0.15, -0.1) is 0 Å². The van der Waals surface area contributed by atoms with Crippen LogP contribution in [0.15, 0.2) is 18.2 Å². The second-order valence-electron chi connectivity index (χ2n) is 3.01. The molecule has 2 N–H and O–H groups in total. The van der Waals surface area contributed by atoms with Gasteiger partial charge in [-0.2, -0.15) is 0 Å². The Morgan fingerprint density at radius 2 is 2.31 bits per heavy atom. The van der Waals surface area contributed by atoms with Gasteiger partial charge in [-0.1, -0.05) is 11.6 Å². The third-order valence-corrected chi connectivity index (χ3v) is 2.43. The highest BCUT2D eigenvalue weighted by molar-refractivity contribution is 6.33. The van der Waals surface area contributed by atoms with Crippen LogP contribution in [0.5, 0.6) is 0 Å². The fourth-order valence-electron chi connectivity index (χ4n) is 1.33. The number of anilines is 2. The molecule has 4 heteroatoms. The first-order chi connectivity index (χ1) is 6.27. The van der Waals surface area contributed by atoms with Crippen molar-refractivity contribution in [3.05, 3.63) is 23.2 Å². The van der Waals surface area contributed by atoms with Gasteiger partial charge in [0.2, 0.25) is 0 Å². The Labute approximate surface area is 82.0 Å². The third kappa shape index (κ3) is 1.71. The maximum Gasteiger partial charge on any atom is 0.119 e. The number of benzene rings is 1. The molecule has 1 heterocycles. The Hall–Kier alpha value is -0.930. The molecule has 2 rings (SSSR count). The van der Waals surface area contributed by atoms with E-state index in [4.69, 9.17) is 22.1 Å². The summed E-state index contributed by atoms with van der Waals surface area (Å²) in [6.45, 7) is 2.34. The van der Waals surface area contributed by atoms with E-state index >= 15 is 0 Å². The predicted octanol–water partition coefficient (Wildman–Crippen LogP) is 1.72. The molecule has 1 aliphatic rings. The number of halogens is 1. The molecular weight excluding hydrogens is 188 g/mol. The Morgan fingerprint density at radius 1 is 1.46 bits per heavy atom. The molecule has 0 unspecified atom stereocenters. The topological polar surface area (TPSA) is 38.5 Å². The molecular formula is C9H11ClN2O. The van der Waals surface area contributed by atoms with E-state index < -0.39 is 0 Å². The van der Waals surface area contributed by atoms with E-state index in [0.717, 1.165) is 18.8 Å². The van der Waals surface area contributed by atoms with Crippen LogP contribution in [0.1, 0.15) is 0 Å². The molecule has 1 aromatic rings. The monoisotopic (exact) mass is 198 g/mol. The van der Waals surface area contributed by atoms with Gasteiger partial charge in [0, 0.05) is 12.2 Å². The number of nitrogens with zero attached hydrogens (tertiary/aromatic N) is 1. The highest BCUT2D eigenvalue weighted by atomic mass is 35.5. The van der Waals surface area contributed by atoms with Gasteiger partial charge in [0.1, 0.15) is 6.73 Å². The summed E-state index contributed by atoms with van der Waals surface area (Å²) in [7, 11) is 0. The summed E-state index contributed by atoms with van der Waals surface area (Å²) in [4.78, 5) is 2.12. The summed E-state index contributed by atoms with van der Waals surface area (Å²) in [5.41, 5.74) is 7.29. The Balaban J connectivity index is 2.25. The van der Waals surface area contributed by atoms with Crippen molar-refractivity contribution in [2.45, 2.75) is 0 Å². The molecule has 0 saturated carbocycles. The molecule has 0 aromatic heterocycles. The van der Waals surface area contributed by atoms with Gasteiger partial charge in [-0.25, -0.2) is 0 Å². The highest BCUT2D eigenvalue weighted by Crippen LogP contribution is 2.26. The predicted molar refractivity (Wildman–Crippen MR) is 54.0 cm³/mol. The van der Waals surface area contributed by atoms with Crippen molar-refractivity contribution >= 4 is 23.0 Å². The number of nitrogen functional groups attached to an aromatic ring is 1. The maximum atomic E-state index is 5.90. The molecule has 0 bridgehead atoms. The zero-order valence-electron chi connectivity index (χ0n) is 7.16. The summed E-state index contributed by atoms with van der Waals surface area (Å²) in [5, 5.41) is 0.601. The van der Waals surface area contributed by atoms with Crippen molar-refractivity contribution < 1.29 is 4.74 Å². The van der Waals surface area contributed by atoms with Crippen molar-refractivity contribution in [3.63, 3.8) is 0 Å². The van der Waals surface area contributed by atoms with E-state index in [1.165, 1.54) is 0 Å². The molecule has 1 saturated heterocycles. The quantitative estimate of drug-likeness (QED) is 0.699. The van der Waals surface area contributed by atoms with Gasteiger partial charge in [-0.05, 0) is 18.2 Å². The molecule has 0 radical (unpaired) electrons. The van der Waals surface area contributed by atoms with Crippen LogP contribution in [0.2, 0.25) is 5.02 Å². The van der Waals surface area contributed by atoms with Gasteiger partial charge in [-0.3, -0.25) is 0 Å². The SMILES string of the molecule is Nc1ccc(N2CCOC2)cc1Cl. The van der Waals surface area contributed by atoms with Crippen molar-refractivity contribution in [3.8, 4) is 0 Å². The minimum atomic E-state index is 0.601. The van der Waals surface area contributed by atoms with Crippen LogP contribution < -0.4 is 10.6 Å². The van der Waals surface area contributed by atoms with E-state index in [0.29, 0.717) is 17.4 Å². The normalized spacial score (nSPS) is 16.5. The fourth-order valence-corrected chi connectivity index (χ4v) is 1.51. The van der Waals surface area contributed by atoms with Crippen LogP contribution in [-0.2, 0) is 4.74 Å². The molecule has 70 valence electrons. The van der Waals surface area contributed by atoms with E-state index in [1.807, 2.05) is 18.2 Å². The molecule has 1 aliphatic heterocycles. The lowest BCUT2D eigenvalue weighted by atomic mass is 10.2. The number of ether oxygens (including phenoxy) is 1. The number of rotatable bonds is 1. The largest absolute Gasteiger partial charge is 0.398 e. The molecule has 1 aromatic carbocycles. The van der Waals surface area contributed by atoms with E-state index in [2.05, 4.69) is 4.90 Å². The van der Waals surface area contributed by atoms with Crippen molar-refractivity contribution in [1.82, 2.24) is 0 Å². The first-order valence-corrected chi connectivity index (χ1v) is 4.53. The molecule has 0 aliphatic carbocycles. The van der Waals surface area contributed by atoms with Crippen molar-refractivity contribution in [2.24, 2.45) is 0 Å². The summed E-state index contributed by atoms with van der Waals surface area (Å²) in [6.07, 6.45) is 0. The zero-order valence-corrected chi connectivity index (χ0v) is 7.92. The van der Waals surface area contributed by atoms with Crippen LogP contribution >= 0.6 is 11.6 Å². The minimum absolute atomic E-state index is 0.601. The zero-order chi connectivity index (χ0) is 9.26. The first kappa shape index (κ1) is 8.66. The average molecular weight is 199 g/mol. The second kappa shape index (κ2) is 3.44. The summed E-state index contributed by atoms with van der Waals surface area (Å²) in [6, 6.07) is 5.64. The molecule has 13 heavy (non-hydrogen) atoms. The Morgan fingerprint density at radius 3 is 2.92 bits per heavy atom. The molecule has 0 amide bonds. The van der Waals surface area contributed by atoms with Crippen LogP contribution in [0.25, 0.3) is 0 Å².